The van der Waals surface area contributed by atoms with Crippen molar-refractivity contribution in [3.8, 4) is 22.7 Å². The van der Waals surface area contributed by atoms with Crippen molar-refractivity contribution in [1.82, 2.24) is 4.98 Å². The smallest absolute Gasteiger partial charge is 0.323 e. The Morgan fingerprint density at radius 2 is 1.53 bits per heavy atom. The lowest BCUT2D eigenvalue weighted by Gasteiger charge is -2.08. The van der Waals surface area contributed by atoms with Crippen molar-refractivity contribution in [1.29, 1.82) is 0 Å². The maximum absolute atomic E-state index is 12.9. The summed E-state index contributed by atoms with van der Waals surface area (Å²) in [5, 5.41) is 5.38. The average molecular weight is 401 g/mol. The van der Waals surface area contributed by atoms with Crippen LogP contribution in [0.5, 0.6) is 0 Å². The Kier molecular flexibility index (Phi) is 5.30. The van der Waals surface area contributed by atoms with Gasteiger partial charge in [-0.15, -0.1) is 0 Å². The summed E-state index contributed by atoms with van der Waals surface area (Å²) in [6, 6.07) is 18.5. The quantitative estimate of drug-likeness (QED) is 0.415. The van der Waals surface area contributed by atoms with Gasteiger partial charge in [0.15, 0.2) is 0 Å². The molecule has 0 fully saturated rings. The summed E-state index contributed by atoms with van der Waals surface area (Å²) >= 11 is 0. The maximum atomic E-state index is 12.9. The zero-order valence-corrected chi connectivity index (χ0v) is 16.6. The van der Waals surface area contributed by atoms with Crippen molar-refractivity contribution >= 4 is 17.4 Å². The lowest BCUT2D eigenvalue weighted by atomic mass is 10.0. The lowest BCUT2D eigenvalue weighted by Crippen LogP contribution is -2.19. The number of urea groups is 1. The van der Waals surface area contributed by atoms with Gasteiger partial charge in [0.2, 0.25) is 5.89 Å². The maximum Gasteiger partial charge on any atom is 0.323 e. The Labute approximate surface area is 173 Å². The number of anilines is 2. The number of hydrogen-bond donors (Lipinski definition) is 2. The van der Waals surface area contributed by atoms with Crippen LogP contribution in [-0.4, -0.2) is 11.0 Å². The zero-order valence-electron chi connectivity index (χ0n) is 16.6. The molecule has 2 amide bonds. The van der Waals surface area contributed by atoms with Crippen LogP contribution in [0, 0.1) is 19.7 Å². The molecule has 1 heterocycles. The van der Waals surface area contributed by atoms with Gasteiger partial charge >= 0.3 is 6.03 Å². The Morgan fingerprint density at radius 3 is 2.20 bits per heavy atom. The fourth-order valence-electron chi connectivity index (χ4n) is 3.06. The number of benzene rings is 3. The van der Waals surface area contributed by atoms with Crippen molar-refractivity contribution in [3.05, 3.63) is 89.9 Å². The fourth-order valence-corrected chi connectivity index (χ4v) is 3.06. The molecule has 30 heavy (non-hydrogen) atoms. The van der Waals surface area contributed by atoms with Gasteiger partial charge in [-0.25, -0.2) is 14.2 Å². The van der Waals surface area contributed by atoms with Crippen LogP contribution in [0.15, 0.2) is 77.4 Å². The number of halogens is 1. The van der Waals surface area contributed by atoms with Crippen LogP contribution in [0.25, 0.3) is 22.7 Å². The molecule has 0 atom stereocenters. The number of oxazole rings is 1. The fraction of sp³-hybridized carbons (Fsp3) is 0.0833. The molecule has 0 saturated heterocycles. The van der Waals surface area contributed by atoms with Gasteiger partial charge in [0.1, 0.15) is 17.8 Å². The first-order chi connectivity index (χ1) is 14.5. The van der Waals surface area contributed by atoms with Gasteiger partial charge in [0, 0.05) is 22.5 Å². The Hall–Kier alpha value is -3.93. The summed E-state index contributed by atoms with van der Waals surface area (Å²) in [6.07, 6.45) is 1.65. The molecule has 0 bridgehead atoms. The van der Waals surface area contributed by atoms with E-state index in [9.17, 15) is 9.18 Å². The molecule has 0 aliphatic rings. The minimum atomic E-state index is -0.414. The van der Waals surface area contributed by atoms with Gasteiger partial charge < -0.3 is 15.1 Å². The van der Waals surface area contributed by atoms with Crippen LogP contribution in [-0.2, 0) is 0 Å². The molecule has 150 valence electrons. The van der Waals surface area contributed by atoms with Gasteiger partial charge in [0.05, 0.1) is 0 Å². The van der Waals surface area contributed by atoms with Crippen molar-refractivity contribution < 1.29 is 13.6 Å². The van der Waals surface area contributed by atoms with Gasteiger partial charge in [-0.2, -0.15) is 0 Å². The molecule has 5 nitrogen and oxygen atoms in total. The number of nitrogens with one attached hydrogen (secondary N) is 2. The van der Waals surface area contributed by atoms with Crippen molar-refractivity contribution in [2.75, 3.05) is 10.6 Å². The van der Waals surface area contributed by atoms with Crippen LogP contribution in [0.3, 0.4) is 0 Å². The third-order valence-corrected chi connectivity index (χ3v) is 4.67. The number of carbonyl (C=O) groups excluding carboxylic acids is 1. The summed E-state index contributed by atoms with van der Waals surface area (Å²) in [5.41, 5.74) is 6.04. The molecule has 3 aromatic carbocycles. The van der Waals surface area contributed by atoms with Gasteiger partial charge in [-0.3, -0.25) is 0 Å². The first-order valence-electron chi connectivity index (χ1n) is 9.45. The molecule has 0 radical (unpaired) electrons. The number of carbonyl (C=O) groups is 1. The molecule has 0 saturated carbocycles. The molecule has 1 aromatic heterocycles. The van der Waals surface area contributed by atoms with E-state index in [4.69, 9.17) is 4.42 Å². The first-order valence-corrected chi connectivity index (χ1v) is 9.45. The van der Waals surface area contributed by atoms with Crippen molar-refractivity contribution in [2.45, 2.75) is 13.8 Å². The van der Waals surface area contributed by atoms with Crippen molar-refractivity contribution in [3.63, 3.8) is 0 Å². The number of aryl methyl sites for hydroxylation is 2. The van der Waals surface area contributed by atoms with E-state index in [1.807, 2.05) is 26.0 Å². The molecule has 4 rings (SSSR count). The number of rotatable bonds is 4. The van der Waals surface area contributed by atoms with Gasteiger partial charge in [-0.1, -0.05) is 17.7 Å². The Balaban J connectivity index is 1.45. The highest BCUT2D eigenvalue weighted by Crippen LogP contribution is 2.28. The highest BCUT2D eigenvalue weighted by molar-refractivity contribution is 5.99. The van der Waals surface area contributed by atoms with Crippen LogP contribution < -0.4 is 10.6 Å². The molecule has 0 aliphatic heterocycles. The highest BCUT2D eigenvalue weighted by Gasteiger charge is 2.11. The summed E-state index contributed by atoms with van der Waals surface area (Å²) in [7, 11) is 0. The van der Waals surface area contributed by atoms with Crippen LogP contribution in [0.2, 0.25) is 0 Å². The largest absolute Gasteiger partial charge is 0.444 e. The van der Waals surface area contributed by atoms with E-state index in [0.29, 0.717) is 17.3 Å². The molecular weight excluding hydrogens is 381 g/mol. The van der Waals surface area contributed by atoms with Crippen molar-refractivity contribution in [2.24, 2.45) is 0 Å². The van der Waals surface area contributed by atoms with Crippen LogP contribution >= 0.6 is 0 Å². The third-order valence-electron chi connectivity index (χ3n) is 4.67. The Bertz CT molecular complexity index is 1180. The molecule has 0 aliphatic carbocycles. The van der Waals surface area contributed by atoms with Gasteiger partial charge in [-0.05, 0) is 74.0 Å². The standard InChI is InChI=1S/C24H20FN3O2/c1-15-3-4-16(2)21(13-15)22-14-30-23(28-22)17-5-9-19(10-6-17)26-24(29)27-20-11-7-18(25)8-12-20/h3-14H,1-2H3,(H2,26,27,29). The average Bonchev–Trinajstić information content (AvgIpc) is 3.22. The van der Waals surface area contributed by atoms with E-state index in [1.54, 1.807) is 18.4 Å². The topological polar surface area (TPSA) is 67.2 Å². The number of nitrogens with zero attached hydrogens (tertiary/aromatic N) is 1. The SMILES string of the molecule is Cc1ccc(C)c(-c2coc(-c3ccc(NC(=O)Nc4ccc(F)cc4)cc3)n2)c1. The molecule has 6 heteroatoms. The molecule has 2 N–H and O–H groups in total. The Morgan fingerprint density at radius 1 is 0.900 bits per heavy atom. The highest BCUT2D eigenvalue weighted by atomic mass is 19.1. The van der Waals surface area contributed by atoms with Gasteiger partial charge in [0.25, 0.3) is 0 Å². The minimum absolute atomic E-state index is 0.358. The predicted molar refractivity (Wildman–Crippen MR) is 116 cm³/mol. The second-order valence-electron chi connectivity index (χ2n) is 7.02. The van der Waals surface area contributed by atoms with Crippen LogP contribution in [0.1, 0.15) is 11.1 Å². The number of amides is 2. The zero-order chi connectivity index (χ0) is 21.1. The molecule has 0 spiro atoms. The summed E-state index contributed by atoms with van der Waals surface area (Å²) in [5.74, 6) is 0.150. The number of aromatic nitrogens is 1. The second-order valence-corrected chi connectivity index (χ2v) is 7.02. The third kappa shape index (κ3) is 4.38. The lowest BCUT2D eigenvalue weighted by molar-refractivity contribution is 0.262. The molecular formula is C24H20FN3O2. The summed E-state index contributed by atoms with van der Waals surface area (Å²) in [4.78, 5) is 16.7. The van der Waals surface area contributed by atoms with E-state index in [1.165, 1.54) is 24.3 Å². The monoisotopic (exact) mass is 401 g/mol. The minimum Gasteiger partial charge on any atom is -0.444 e. The number of hydrogen-bond acceptors (Lipinski definition) is 3. The normalized spacial score (nSPS) is 10.6. The predicted octanol–water partition coefficient (Wildman–Crippen LogP) is 6.41. The summed E-state index contributed by atoms with van der Waals surface area (Å²) < 4.78 is 18.6. The molecule has 0 unspecified atom stereocenters. The first kappa shape index (κ1) is 19.4. The molecule has 4 aromatic rings. The van der Waals surface area contributed by atoms with Crippen LogP contribution in [0.4, 0.5) is 20.6 Å². The van der Waals surface area contributed by atoms with E-state index >= 15 is 0 Å². The van der Waals surface area contributed by atoms with E-state index in [0.717, 1.165) is 27.9 Å². The van der Waals surface area contributed by atoms with E-state index in [2.05, 4.69) is 33.8 Å². The summed E-state index contributed by atoms with van der Waals surface area (Å²) in [6.45, 7) is 4.09. The van der Waals surface area contributed by atoms with E-state index < -0.39 is 6.03 Å². The van der Waals surface area contributed by atoms with E-state index in [-0.39, 0.29) is 5.82 Å². The second kappa shape index (κ2) is 8.21.